The minimum absolute atomic E-state index is 0.0513. The molecule has 3 heterocycles. The lowest BCUT2D eigenvalue weighted by atomic mass is 10.3. The van der Waals surface area contributed by atoms with Crippen LogP contribution in [0.25, 0.3) is 0 Å². The molecule has 1 aliphatic rings. The lowest BCUT2D eigenvalue weighted by Crippen LogP contribution is -2.46. The summed E-state index contributed by atoms with van der Waals surface area (Å²) >= 11 is 2.74. The van der Waals surface area contributed by atoms with Crippen molar-refractivity contribution in [3.05, 3.63) is 29.8 Å². The topological polar surface area (TPSA) is 158 Å². The Bertz CT molecular complexity index is 834. The Balaban J connectivity index is 1.74. The van der Waals surface area contributed by atoms with Gasteiger partial charge in [-0.1, -0.05) is 0 Å². The molecule has 0 aliphatic carbocycles. The molecular weight excluding hydrogens is 373 g/mol. The van der Waals surface area contributed by atoms with Gasteiger partial charge in [0.15, 0.2) is 11.7 Å². The summed E-state index contributed by atoms with van der Waals surface area (Å²) in [4.78, 5) is 23.1. The number of nitrogens with zero attached hydrogens (tertiary/aromatic N) is 7. The second-order valence-electron chi connectivity index (χ2n) is 6.20. The summed E-state index contributed by atoms with van der Waals surface area (Å²) in [6.07, 6.45) is 5.70. The maximum absolute atomic E-state index is 7.76. The predicted molar refractivity (Wildman–Crippen MR) is 109 cm³/mol. The van der Waals surface area contributed by atoms with E-state index in [9.17, 15) is 0 Å². The van der Waals surface area contributed by atoms with Crippen molar-refractivity contribution in [2.24, 2.45) is 10.7 Å². The van der Waals surface area contributed by atoms with Crippen LogP contribution in [-0.4, -0.2) is 96.5 Å². The minimum Gasteiger partial charge on any atom is -0.400 e. The van der Waals surface area contributed by atoms with Crippen molar-refractivity contribution >= 4 is 46.1 Å². The second-order valence-corrected chi connectivity index (χ2v) is 6.93. The van der Waals surface area contributed by atoms with Gasteiger partial charge in [0.25, 0.3) is 16.5 Å². The van der Waals surface area contributed by atoms with Crippen molar-refractivity contribution in [3.63, 3.8) is 0 Å². The third-order valence-electron chi connectivity index (χ3n) is 4.27. The van der Waals surface area contributed by atoms with Crippen molar-refractivity contribution in [1.82, 2.24) is 28.7 Å². The quantitative estimate of drug-likeness (QED) is 0.262. The number of nitrogen functional groups attached to an aromatic ring is 1. The van der Waals surface area contributed by atoms with Gasteiger partial charge >= 0.3 is 0 Å². The number of aromatic nitrogens is 4. The Morgan fingerprint density at radius 1 is 1.29 bits per heavy atom. The molecule has 0 bridgehead atoms. The Hall–Kier alpha value is -2.65. The number of hydrogen-bond acceptors (Lipinski definition) is 10. The van der Waals surface area contributed by atoms with E-state index in [1.54, 1.807) is 6.20 Å². The van der Waals surface area contributed by atoms with Gasteiger partial charge in [-0.05, 0) is 13.1 Å². The van der Waals surface area contributed by atoms with Gasteiger partial charge in [-0.3, -0.25) is 9.88 Å². The zero-order valence-electron chi connectivity index (χ0n) is 15.4. The highest BCUT2D eigenvalue weighted by Gasteiger charge is 2.15. The minimum atomic E-state index is 0.0513. The first-order chi connectivity index (χ1) is 13.6. The number of hydrogen-bond donors (Lipinski definition) is 4. The maximum atomic E-state index is 7.76. The number of aliphatic imine (C=N–C) groups is 1. The fourth-order valence-corrected chi connectivity index (χ4v) is 2.98. The molecule has 28 heavy (non-hydrogen) atoms. The molecule has 2 aromatic rings. The average Bonchev–Trinajstić information content (AvgIpc) is 2.70. The highest BCUT2D eigenvalue weighted by Crippen LogP contribution is 2.23. The molecule has 3 rings (SSSR count). The molecule has 0 saturated carbocycles. The van der Waals surface area contributed by atoms with Crippen LogP contribution in [0.1, 0.15) is 11.3 Å². The second kappa shape index (κ2) is 9.52. The van der Waals surface area contributed by atoms with Gasteiger partial charge in [0.2, 0.25) is 5.95 Å². The zero-order valence-corrected chi connectivity index (χ0v) is 16.6. The van der Waals surface area contributed by atoms with Crippen molar-refractivity contribution in [1.29, 1.82) is 5.41 Å². The van der Waals surface area contributed by atoms with Crippen LogP contribution in [0.5, 0.6) is 0 Å². The molecule has 0 aromatic carbocycles. The summed E-state index contributed by atoms with van der Waals surface area (Å²) < 4.78 is 2.23. The molecule has 6 N–H and O–H groups in total. The van der Waals surface area contributed by atoms with E-state index >= 15 is 0 Å². The summed E-state index contributed by atoms with van der Waals surface area (Å²) in [5, 5.41) is 11.0. The first-order valence-corrected chi connectivity index (χ1v) is 9.33. The lowest BCUT2D eigenvalue weighted by Gasteiger charge is -2.33. The van der Waals surface area contributed by atoms with Gasteiger partial charge in [0.05, 0.1) is 11.8 Å². The smallest absolute Gasteiger partial charge is 0.256 e. The van der Waals surface area contributed by atoms with Crippen LogP contribution in [0.15, 0.2) is 23.6 Å². The summed E-state index contributed by atoms with van der Waals surface area (Å²) in [6.45, 7) is 5.60. The van der Waals surface area contributed by atoms with Crippen LogP contribution in [0.2, 0.25) is 0 Å². The molecule has 1 aliphatic heterocycles. The third-order valence-corrected chi connectivity index (χ3v) is 4.78. The fraction of sp³-hybridized carbons (Fsp3) is 0.375. The number of amidine groups is 1. The molecule has 0 atom stereocenters. The van der Waals surface area contributed by atoms with Crippen molar-refractivity contribution in [2.45, 2.75) is 0 Å². The van der Waals surface area contributed by atoms with Gasteiger partial charge in [-0.2, -0.15) is 9.97 Å². The van der Waals surface area contributed by atoms with Crippen LogP contribution in [0.4, 0.5) is 17.6 Å². The molecule has 11 nitrogen and oxygen atoms in total. The number of anilines is 2. The summed E-state index contributed by atoms with van der Waals surface area (Å²) in [5.41, 5.74) is 12.7. The van der Waals surface area contributed by atoms with Crippen LogP contribution < -0.4 is 16.8 Å². The molecule has 2 radical (unpaired) electrons. The number of piperazine rings is 1. The van der Waals surface area contributed by atoms with Crippen molar-refractivity contribution < 1.29 is 0 Å². The number of nitrogens with one attached hydrogen (secondary N) is 2. The van der Waals surface area contributed by atoms with Gasteiger partial charge < -0.3 is 26.1 Å². The standard InChI is InChI=1S/C16H22N11.Al/c17-9-11-14(23-5-8-27-6-3-20-4-7-27)25-16(19)26-15(11)24-13(18)12-10-21-1-2-22-12;/h1-2,9-10,17H,3-8H2,(H5,18,19,23,24,25,26);/q-1;+1. The largest absolute Gasteiger partial charge is 0.400 e. The van der Waals surface area contributed by atoms with Crippen LogP contribution in [0.3, 0.4) is 0 Å². The first kappa shape index (κ1) is 20.1. The van der Waals surface area contributed by atoms with E-state index in [-0.39, 0.29) is 17.6 Å². The Morgan fingerprint density at radius 3 is 2.75 bits per heavy atom. The normalized spacial score (nSPS) is 16.1. The maximum Gasteiger partial charge on any atom is 0.256 e. The van der Waals surface area contributed by atoms with Gasteiger partial charge in [0, 0.05) is 44.8 Å². The van der Waals surface area contributed by atoms with E-state index in [2.05, 4.69) is 55.5 Å². The van der Waals surface area contributed by atoms with Crippen LogP contribution in [0, 0.1) is 5.41 Å². The van der Waals surface area contributed by atoms with E-state index < -0.39 is 0 Å². The first-order valence-electron chi connectivity index (χ1n) is 8.81. The predicted octanol–water partition coefficient (Wildman–Crippen LogP) is -1.00. The summed E-state index contributed by atoms with van der Waals surface area (Å²) in [7, 11) is 0. The summed E-state index contributed by atoms with van der Waals surface area (Å²) in [5.74, 6) is 0.855. The molecule has 0 spiro atoms. The highest BCUT2D eigenvalue weighted by atomic mass is 27.1. The molecular formula is C16H22AlN11. The van der Waals surface area contributed by atoms with Crippen LogP contribution in [-0.2, 0) is 0 Å². The van der Waals surface area contributed by atoms with Gasteiger partial charge in [0.1, 0.15) is 11.5 Å². The van der Waals surface area contributed by atoms with E-state index in [4.69, 9.17) is 16.9 Å². The average molecular weight is 395 g/mol. The Kier molecular flexibility index (Phi) is 6.83. The van der Waals surface area contributed by atoms with E-state index in [0.29, 0.717) is 23.6 Å². The summed E-state index contributed by atoms with van der Waals surface area (Å²) in [6, 6.07) is 0. The zero-order chi connectivity index (χ0) is 19.9. The Morgan fingerprint density at radius 2 is 2.07 bits per heavy atom. The molecule has 0 amide bonds. The van der Waals surface area contributed by atoms with Crippen molar-refractivity contribution in [2.75, 3.05) is 50.3 Å². The van der Waals surface area contributed by atoms with E-state index in [0.717, 1.165) is 38.9 Å². The molecule has 1 saturated heterocycles. The van der Waals surface area contributed by atoms with Crippen molar-refractivity contribution in [3.8, 4) is 0 Å². The SMILES string of the molecule is N=Cc1c(N=C(N)c2cnccn2)nc(N)nc1NCCN1CC[N]([Al])CC1. The molecule has 12 heteroatoms. The monoisotopic (exact) mass is 395 g/mol. The fourth-order valence-electron chi connectivity index (χ4n) is 2.75. The Labute approximate surface area is 171 Å². The molecule has 144 valence electrons. The third kappa shape index (κ3) is 5.20. The van der Waals surface area contributed by atoms with E-state index in [1.807, 2.05) is 0 Å². The lowest BCUT2D eigenvalue weighted by molar-refractivity contribution is 0.197. The molecule has 1 fully saturated rings. The number of nitrogens with two attached hydrogens (primary N) is 2. The van der Waals surface area contributed by atoms with E-state index in [1.165, 1.54) is 12.4 Å². The van der Waals surface area contributed by atoms with Crippen LogP contribution >= 0.6 is 0 Å². The number of rotatable bonds is 7. The van der Waals surface area contributed by atoms with Gasteiger partial charge in [-0.15, -0.1) is 0 Å². The van der Waals surface area contributed by atoms with Gasteiger partial charge in [-0.25, -0.2) is 9.98 Å². The highest BCUT2D eigenvalue weighted by molar-refractivity contribution is 6.04. The molecule has 0 unspecified atom stereocenters. The molecule has 2 aromatic heterocycles.